The van der Waals surface area contributed by atoms with Crippen molar-refractivity contribution in [1.29, 1.82) is 0 Å². The molecule has 1 aromatic carbocycles. The molecule has 0 amide bonds. The lowest BCUT2D eigenvalue weighted by atomic mass is 10.1. The zero-order chi connectivity index (χ0) is 10.8. The lowest BCUT2D eigenvalue weighted by molar-refractivity contribution is 0.115. The van der Waals surface area contributed by atoms with Crippen molar-refractivity contribution in [1.82, 2.24) is 4.98 Å². The second-order valence-electron chi connectivity index (χ2n) is 3.29. The number of aromatic nitrogens is 1. The molecule has 1 aromatic heterocycles. The third kappa shape index (κ3) is 1.94. The first-order valence-corrected chi connectivity index (χ1v) is 4.58. The van der Waals surface area contributed by atoms with Crippen LogP contribution in [0.15, 0.2) is 36.4 Å². The molecule has 0 saturated heterocycles. The lowest BCUT2D eigenvalue weighted by Crippen LogP contribution is -2.20. The van der Waals surface area contributed by atoms with E-state index in [1.54, 1.807) is 18.2 Å². The molecule has 1 atom stereocenters. The van der Waals surface area contributed by atoms with E-state index in [9.17, 15) is 8.78 Å². The van der Waals surface area contributed by atoms with Crippen LogP contribution in [-0.4, -0.2) is 11.4 Å². The molecule has 4 heteroatoms. The number of nitrogens with zero attached hydrogens (tertiary/aromatic N) is 1. The summed E-state index contributed by atoms with van der Waals surface area (Å²) in [7, 11) is 0. The number of hydrogen-bond donors (Lipinski definition) is 1. The molecule has 0 fully saturated rings. The second-order valence-corrected chi connectivity index (χ2v) is 3.29. The number of fused-ring (bicyclic) bond motifs is 1. The Bertz CT molecular complexity index is 471. The zero-order valence-corrected chi connectivity index (χ0v) is 7.90. The summed E-state index contributed by atoms with van der Waals surface area (Å²) in [6.07, 6.45) is -2.58. The van der Waals surface area contributed by atoms with Crippen LogP contribution in [0.4, 0.5) is 8.78 Å². The Kier molecular flexibility index (Phi) is 2.60. The maximum absolute atomic E-state index is 12.3. The van der Waals surface area contributed by atoms with Crippen LogP contribution in [0.5, 0.6) is 0 Å². The molecule has 0 bridgehead atoms. The topological polar surface area (TPSA) is 38.9 Å². The first-order chi connectivity index (χ1) is 7.18. The maximum Gasteiger partial charge on any atom is 0.259 e. The number of rotatable bonds is 2. The number of hydrogen-bond acceptors (Lipinski definition) is 2. The highest BCUT2D eigenvalue weighted by Gasteiger charge is 2.18. The molecule has 0 unspecified atom stereocenters. The van der Waals surface area contributed by atoms with Gasteiger partial charge < -0.3 is 5.73 Å². The van der Waals surface area contributed by atoms with Gasteiger partial charge in [0.05, 0.1) is 11.2 Å². The molecule has 1 heterocycles. The number of pyridine rings is 1. The minimum absolute atomic E-state index is 0.226. The van der Waals surface area contributed by atoms with E-state index in [0.717, 1.165) is 5.39 Å². The van der Waals surface area contributed by atoms with Crippen molar-refractivity contribution >= 4 is 10.9 Å². The average molecular weight is 208 g/mol. The molecular formula is C11H10F2N2. The summed E-state index contributed by atoms with van der Waals surface area (Å²) in [6, 6.07) is 9.31. The Balaban J connectivity index is 2.47. The maximum atomic E-state index is 12.3. The summed E-state index contributed by atoms with van der Waals surface area (Å²) in [5.74, 6) is 0. The molecule has 2 nitrogen and oxygen atoms in total. The van der Waals surface area contributed by atoms with Gasteiger partial charge in [-0.15, -0.1) is 0 Å². The van der Waals surface area contributed by atoms with E-state index in [1.807, 2.05) is 18.2 Å². The van der Waals surface area contributed by atoms with Gasteiger partial charge in [-0.05, 0) is 12.1 Å². The first kappa shape index (κ1) is 9.98. The highest BCUT2D eigenvalue weighted by atomic mass is 19.3. The van der Waals surface area contributed by atoms with Crippen molar-refractivity contribution in [2.24, 2.45) is 5.73 Å². The predicted octanol–water partition coefficient (Wildman–Crippen LogP) is 2.50. The molecule has 2 N–H and O–H groups in total. The van der Waals surface area contributed by atoms with Crippen molar-refractivity contribution in [3.63, 3.8) is 0 Å². The van der Waals surface area contributed by atoms with E-state index in [-0.39, 0.29) is 5.69 Å². The molecular weight excluding hydrogens is 198 g/mol. The Morgan fingerprint density at radius 3 is 2.53 bits per heavy atom. The van der Waals surface area contributed by atoms with Crippen LogP contribution < -0.4 is 5.73 Å². The molecule has 78 valence electrons. The average Bonchev–Trinajstić information content (AvgIpc) is 2.27. The van der Waals surface area contributed by atoms with Gasteiger partial charge in [-0.25, -0.2) is 8.78 Å². The van der Waals surface area contributed by atoms with Crippen LogP contribution in [0.25, 0.3) is 10.9 Å². The molecule has 0 radical (unpaired) electrons. The fraction of sp³-hybridized carbons (Fsp3) is 0.182. The van der Waals surface area contributed by atoms with Gasteiger partial charge in [-0.2, -0.15) is 0 Å². The number of alkyl halides is 2. The third-order valence-electron chi connectivity index (χ3n) is 2.23. The molecule has 0 aliphatic heterocycles. The normalized spacial score (nSPS) is 13.3. The number of benzene rings is 1. The predicted molar refractivity (Wildman–Crippen MR) is 54.7 cm³/mol. The molecule has 0 aliphatic rings. The standard InChI is InChI=1S/C11H10F2N2/c12-11(13)10(14)9-6-5-7-3-1-2-4-8(7)15-9/h1-6,10-11H,14H2/t10-/m0/s1. The fourth-order valence-electron chi connectivity index (χ4n) is 1.40. The number of nitrogens with two attached hydrogens (primary N) is 1. The Hall–Kier alpha value is -1.55. The van der Waals surface area contributed by atoms with E-state index < -0.39 is 12.5 Å². The summed E-state index contributed by atoms with van der Waals surface area (Å²) >= 11 is 0. The van der Waals surface area contributed by atoms with Crippen LogP contribution >= 0.6 is 0 Å². The van der Waals surface area contributed by atoms with Crippen LogP contribution in [0, 0.1) is 0 Å². The summed E-state index contributed by atoms with van der Waals surface area (Å²) in [4.78, 5) is 4.09. The minimum atomic E-state index is -2.58. The summed E-state index contributed by atoms with van der Waals surface area (Å²) in [5.41, 5.74) is 6.23. The van der Waals surface area contributed by atoms with Crippen molar-refractivity contribution in [2.75, 3.05) is 0 Å². The van der Waals surface area contributed by atoms with Crippen LogP contribution in [0.2, 0.25) is 0 Å². The van der Waals surface area contributed by atoms with Gasteiger partial charge in [0.2, 0.25) is 0 Å². The van der Waals surface area contributed by atoms with E-state index >= 15 is 0 Å². The molecule has 2 aromatic rings. The summed E-state index contributed by atoms with van der Waals surface area (Å²) < 4.78 is 24.7. The number of para-hydroxylation sites is 1. The van der Waals surface area contributed by atoms with Gasteiger partial charge in [0.15, 0.2) is 0 Å². The summed E-state index contributed by atoms with van der Waals surface area (Å²) in [5, 5.41) is 0.919. The zero-order valence-electron chi connectivity index (χ0n) is 7.90. The van der Waals surface area contributed by atoms with Gasteiger partial charge in [0, 0.05) is 5.39 Å². The monoisotopic (exact) mass is 208 g/mol. The molecule has 15 heavy (non-hydrogen) atoms. The van der Waals surface area contributed by atoms with Crippen molar-refractivity contribution in [3.05, 3.63) is 42.1 Å². The smallest absolute Gasteiger partial charge is 0.259 e. The minimum Gasteiger partial charge on any atom is -0.318 e. The third-order valence-corrected chi connectivity index (χ3v) is 2.23. The molecule has 0 aliphatic carbocycles. The summed E-state index contributed by atoms with van der Waals surface area (Å²) in [6.45, 7) is 0. The van der Waals surface area contributed by atoms with Crippen LogP contribution in [-0.2, 0) is 0 Å². The highest BCUT2D eigenvalue weighted by Crippen LogP contribution is 2.19. The molecule has 0 saturated carbocycles. The van der Waals surface area contributed by atoms with Gasteiger partial charge in [-0.3, -0.25) is 4.98 Å². The van der Waals surface area contributed by atoms with E-state index in [4.69, 9.17) is 5.73 Å². The van der Waals surface area contributed by atoms with Crippen LogP contribution in [0.1, 0.15) is 11.7 Å². The van der Waals surface area contributed by atoms with Crippen molar-refractivity contribution in [2.45, 2.75) is 12.5 Å². The van der Waals surface area contributed by atoms with Gasteiger partial charge >= 0.3 is 0 Å². The quantitative estimate of drug-likeness (QED) is 0.823. The van der Waals surface area contributed by atoms with E-state index in [1.165, 1.54) is 0 Å². The fourth-order valence-corrected chi connectivity index (χ4v) is 1.40. The Morgan fingerprint density at radius 2 is 1.80 bits per heavy atom. The SMILES string of the molecule is N[C@@H](c1ccc2ccccc2n1)C(F)F. The second kappa shape index (κ2) is 3.90. The molecule has 0 spiro atoms. The van der Waals surface area contributed by atoms with Gasteiger partial charge in [-0.1, -0.05) is 24.3 Å². The first-order valence-electron chi connectivity index (χ1n) is 4.58. The highest BCUT2D eigenvalue weighted by molar-refractivity contribution is 5.78. The van der Waals surface area contributed by atoms with E-state index in [0.29, 0.717) is 5.52 Å². The van der Waals surface area contributed by atoms with Gasteiger partial charge in [0.25, 0.3) is 6.43 Å². The molecule has 2 rings (SSSR count). The largest absolute Gasteiger partial charge is 0.318 e. The lowest BCUT2D eigenvalue weighted by Gasteiger charge is -2.10. The number of halogens is 2. The van der Waals surface area contributed by atoms with Gasteiger partial charge in [0.1, 0.15) is 6.04 Å². The van der Waals surface area contributed by atoms with Crippen molar-refractivity contribution < 1.29 is 8.78 Å². The van der Waals surface area contributed by atoms with E-state index in [2.05, 4.69) is 4.98 Å². The van der Waals surface area contributed by atoms with Crippen LogP contribution in [0.3, 0.4) is 0 Å². The Morgan fingerprint density at radius 1 is 1.07 bits per heavy atom. The Labute approximate surface area is 85.7 Å². The van der Waals surface area contributed by atoms with Crippen molar-refractivity contribution in [3.8, 4) is 0 Å².